The van der Waals surface area contributed by atoms with E-state index in [2.05, 4.69) is 15.3 Å². The molecule has 0 aromatic carbocycles. The molecule has 142 valence electrons. The van der Waals surface area contributed by atoms with Crippen LogP contribution in [0.4, 0.5) is 13.2 Å². The quantitative estimate of drug-likeness (QED) is 0.804. The maximum absolute atomic E-state index is 13.0. The lowest BCUT2D eigenvalue weighted by Gasteiger charge is -2.18. The summed E-state index contributed by atoms with van der Waals surface area (Å²) in [6.07, 6.45) is -1.21. The Labute approximate surface area is 156 Å². The SMILES string of the molecule is O=C(O)c1cnc(C2(CNC(=O)c3ncccc3C(F)(F)F)CC2)c(Cl)c1. The number of carbonyl (C=O) groups is 2. The predicted molar refractivity (Wildman–Crippen MR) is 88.7 cm³/mol. The topological polar surface area (TPSA) is 92.2 Å². The minimum Gasteiger partial charge on any atom is -0.478 e. The van der Waals surface area contributed by atoms with Crippen LogP contribution in [0.3, 0.4) is 0 Å². The molecule has 0 radical (unpaired) electrons. The van der Waals surface area contributed by atoms with Gasteiger partial charge in [-0.05, 0) is 31.0 Å². The maximum Gasteiger partial charge on any atom is 0.418 e. The summed E-state index contributed by atoms with van der Waals surface area (Å²) in [5, 5.41) is 11.6. The highest BCUT2D eigenvalue weighted by Gasteiger charge is 2.47. The van der Waals surface area contributed by atoms with Crippen LogP contribution in [0.15, 0.2) is 30.6 Å². The highest BCUT2D eigenvalue weighted by molar-refractivity contribution is 6.31. The predicted octanol–water partition coefficient (Wildman–Crippen LogP) is 3.31. The highest BCUT2D eigenvalue weighted by atomic mass is 35.5. The van der Waals surface area contributed by atoms with Gasteiger partial charge in [-0.1, -0.05) is 11.6 Å². The number of rotatable bonds is 5. The van der Waals surface area contributed by atoms with Crippen molar-refractivity contribution in [3.8, 4) is 0 Å². The lowest BCUT2D eigenvalue weighted by Crippen LogP contribution is -2.34. The molecule has 2 aromatic rings. The van der Waals surface area contributed by atoms with E-state index >= 15 is 0 Å². The third-order valence-electron chi connectivity index (χ3n) is 4.36. The number of carbonyl (C=O) groups excluding carboxylic acids is 1. The summed E-state index contributed by atoms with van der Waals surface area (Å²) in [4.78, 5) is 30.8. The van der Waals surface area contributed by atoms with Gasteiger partial charge in [-0.3, -0.25) is 14.8 Å². The van der Waals surface area contributed by atoms with Crippen LogP contribution in [0.5, 0.6) is 0 Å². The molecule has 0 bridgehead atoms. The normalized spacial score (nSPS) is 15.3. The molecule has 0 aliphatic heterocycles. The molecule has 2 N–H and O–H groups in total. The van der Waals surface area contributed by atoms with Crippen LogP contribution in [0.25, 0.3) is 0 Å². The van der Waals surface area contributed by atoms with Crippen LogP contribution in [-0.2, 0) is 11.6 Å². The summed E-state index contributed by atoms with van der Waals surface area (Å²) in [5.74, 6) is -2.13. The van der Waals surface area contributed by atoms with Gasteiger partial charge in [0.05, 0.1) is 21.8 Å². The summed E-state index contributed by atoms with van der Waals surface area (Å²) in [7, 11) is 0. The molecular weight excluding hydrogens is 387 g/mol. The van der Waals surface area contributed by atoms with Crippen LogP contribution in [0.2, 0.25) is 5.02 Å². The largest absolute Gasteiger partial charge is 0.478 e. The van der Waals surface area contributed by atoms with Gasteiger partial charge in [0, 0.05) is 24.4 Å². The van der Waals surface area contributed by atoms with E-state index in [1.54, 1.807) is 0 Å². The number of carboxylic acid groups (broad SMARTS) is 1. The summed E-state index contributed by atoms with van der Waals surface area (Å²) in [6, 6.07) is 3.15. The van der Waals surface area contributed by atoms with Crippen molar-refractivity contribution >= 4 is 23.5 Å². The van der Waals surface area contributed by atoms with Crippen molar-refractivity contribution in [2.75, 3.05) is 6.54 Å². The van der Waals surface area contributed by atoms with Gasteiger partial charge in [0.1, 0.15) is 5.69 Å². The summed E-state index contributed by atoms with van der Waals surface area (Å²) in [5.41, 5.74) is -2.12. The van der Waals surface area contributed by atoms with Gasteiger partial charge in [-0.2, -0.15) is 13.2 Å². The second-order valence-corrected chi connectivity index (χ2v) is 6.63. The van der Waals surface area contributed by atoms with Crippen molar-refractivity contribution < 1.29 is 27.9 Å². The Morgan fingerprint density at radius 3 is 2.56 bits per heavy atom. The number of nitrogens with one attached hydrogen (secondary N) is 1. The average Bonchev–Trinajstić information content (AvgIpc) is 3.39. The zero-order valence-corrected chi connectivity index (χ0v) is 14.4. The number of hydrogen-bond acceptors (Lipinski definition) is 4. The maximum atomic E-state index is 13.0. The first-order valence-electron chi connectivity index (χ1n) is 7.84. The minimum absolute atomic E-state index is 0.0127. The fraction of sp³-hybridized carbons (Fsp3) is 0.294. The minimum atomic E-state index is -4.70. The number of aromatic carboxylic acids is 1. The molecule has 2 heterocycles. The van der Waals surface area contributed by atoms with E-state index in [1.165, 1.54) is 6.07 Å². The Hall–Kier alpha value is -2.68. The van der Waals surface area contributed by atoms with E-state index in [4.69, 9.17) is 16.7 Å². The van der Waals surface area contributed by atoms with Crippen molar-refractivity contribution in [3.63, 3.8) is 0 Å². The monoisotopic (exact) mass is 399 g/mol. The number of pyridine rings is 2. The molecule has 6 nitrogen and oxygen atoms in total. The summed E-state index contributed by atoms with van der Waals surface area (Å²) < 4.78 is 39.1. The van der Waals surface area contributed by atoms with Crippen molar-refractivity contribution in [2.45, 2.75) is 24.4 Å². The van der Waals surface area contributed by atoms with E-state index in [0.29, 0.717) is 18.5 Å². The molecule has 3 rings (SSSR count). The van der Waals surface area contributed by atoms with Crippen LogP contribution < -0.4 is 5.32 Å². The Bertz CT molecular complexity index is 914. The lowest BCUT2D eigenvalue weighted by atomic mass is 10.0. The van der Waals surface area contributed by atoms with Gasteiger partial charge in [-0.25, -0.2) is 4.79 Å². The number of nitrogens with zero attached hydrogens (tertiary/aromatic N) is 2. The first-order valence-corrected chi connectivity index (χ1v) is 8.21. The molecule has 1 saturated carbocycles. The van der Waals surface area contributed by atoms with Gasteiger partial charge in [0.2, 0.25) is 0 Å². The zero-order valence-electron chi connectivity index (χ0n) is 13.7. The van der Waals surface area contributed by atoms with E-state index in [-0.39, 0.29) is 17.1 Å². The standard InChI is InChI=1S/C17H13ClF3N3O3/c18-11-6-9(15(26)27)7-23-13(11)16(3-4-16)8-24-14(25)12-10(17(19,20)21)2-1-5-22-12/h1-2,5-7H,3-4,8H2,(H,24,25)(H,26,27). The van der Waals surface area contributed by atoms with Crippen LogP contribution in [-0.4, -0.2) is 33.5 Å². The first kappa shape index (κ1) is 19.1. The van der Waals surface area contributed by atoms with Crippen LogP contribution >= 0.6 is 11.6 Å². The Balaban J connectivity index is 1.78. The first-order chi connectivity index (χ1) is 12.6. The van der Waals surface area contributed by atoms with Crippen molar-refractivity contribution in [1.82, 2.24) is 15.3 Å². The molecule has 1 amide bonds. The smallest absolute Gasteiger partial charge is 0.418 e. The Kier molecular flexibility index (Phi) is 4.81. The molecule has 0 atom stereocenters. The summed E-state index contributed by atoms with van der Waals surface area (Å²) in [6.45, 7) is 0.0127. The molecule has 10 heteroatoms. The second kappa shape index (κ2) is 6.80. The lowest BCUT2D eigenvalue weighted by molar-refractivity contribution is -0.138. The van der Waals surface area contributed by atoms with Gasteiger partial charge < -0.3 is 10.4 Å². The van der Waals surface area contributed by atoms with E-state index in [9.17, 15) is 22.8 Å². The molecule has 1 fully saturated rings. The van der Waals surface area contributed by atoms with Gasteiger partial charge in [-0.15, -0.1) is 0 Å². The van der Waals surface area contributed by atoms with Crippen LogP contribution in [0.1, 0.15) is 44.9 Å². The molecule has 2 aromatic heterocycles. The number of halogens is 4. The molecular formula is C17H13ClF3N3O3. The number of amides is 1. The molecule has 0 unspecified atom stereocenters. The van der Waals surface area contributed by atoms with Gasteiger partial charge >= 0.3 is 12.1 Å². The Morgan fingerprint density at radius 1 is 1.30 bits per heavy atom. The molecule has 1 aliphatic rings. The van der Waals surface area contributed by atoms with E-state index in [0.717, 1.165) is 24.5 Å². The number of hydrogen-bond donors (Lipinski definition) is 2. The molecule has 1 aliphatic carbocycles. The average molecular weight is 400 g/mol. The highest BCUT2D eigenvalue weighted by Crippen LogP contribution is 2.49. The second-order valence-electron chi connectivity index (χ2n) is 6.22. The molecule has 0 spiro atoms. The van der Waals surface area contributed by atoms with Crippen LogP contribution in [0, 0.1) is 0 Å². The third-order valence-corrected chi connectivity index (χ3v) is 4.65. The van der Waals surface area contributed by atoms with Crippen molar-refractivity contribution in [2.24, 2.45) is 0 Å². The van der Waals surface area contributed by atoms with Gasteiger partial charge in [0.15, 0.2) is 0 Å². The third kappa shape index (κ3) is 3.87. The Morgan fingerprint density at radius 2 is 2.00 bits per heavy atom. The number of carboxylic acids is 1. The van der Waals surface area contributed by atoms with Crippen molar-refractivity contribution in [3.05, 3.63) is 58.1 Å². The molecule has 27 heavy (non-hydrogen) atoms. The van der Waals surface area contributed by atoms with Gasteiger partial charge in [0.25, 0.3) is 5.91 Å². The fourth-order valence-electron chi connectivity index (χ4n) is 2.74. The fourth-order valence-corrected chi connectivity index (χ4v) is 3.11. The number of aromatic nitrogens is 2. The molecule has 0 saturated heterocycles. The van der Waals surface area contributed by atoms with E-state index < -0.39 is 34.7 Å². The zero-order chi connectivity index (χ0) is 19.8. The van der Waals surface area contributed by atoms with Crippen molar-refractivity contribution in [1.29, 1.82) is 0 Å². The van der Waals surface area contributed by atoms with E-state index in [1.807, 2.05) is 0 Å². The summed E-state index contributed by atoms with van der Waals surface area (Å²) >= 11 is 6.12. The number of alkyl halides is 3.